The van der Waals surface area contributed by atoms with Crippen molar-refractivity contribution in [2.45, 2.75) is 32.2 Å². The third-order valence-electron chi connectivity index (χ3n) is 3.20. The van der Waals surface area contributed by atoms with Crippen molar-refractivity contribution in [1.29, 1.82) is 5.26 Å². The van der Waals surface area contributed by atoms with E-state index in [4.69, 9.17) is 0 Å². The van der Waals surface area contributed by atoms with Crippen molar-refractivity contribution in [3.63, 3.8) is 0 Å². The normalized spacial score (nSPS) is 23.8. The van der Waals surface area contributed by atoms with Crippen molar-refractivity contribution < 1.29 is 8.42 Å². The van der Waals surface area contributed by atoms with Crippen LogP contribution in [-0.4, -0.2) is 56.5 Å². The first-order valence-corrected chi connectivity index (χ1v) is 8.32. The van der Waals surface area contributed by atoms with Gasteiger partial charge in [-0.15, -0.1) is 0 Å². The highest BCUT2D eigenvalue weighted by Crippen LogP contribution is 2.10. The Bertz CT molecular complexity index is 402. The van der Waals surface area contributed by atoms with Gasteiger partial charge in [-0.3, -0.25) is 10.2 Å². The molecule has 1 N–H and O–H groups in total. The van der Waals surface area contributed by atoms with Crippen LogP contribution < -0.4 is 5.32 Å². The van der Waals surface area contributed by atoms with Crippen molar-refractivity contribution in [2.75, 3.05) is 37.7 Å². The van der Waals surface area contributed by atoms with E-state index in [1.54, 1.807) is 0 Å². The van der Waals surface area contributed by atoms with Gasteiger partial charge in [0, 0.05) is 13.1 Å². The second kappa shape index (κ2) is 6.50. The number of nitrogens with one attached hydrogen (secondary N) is 1. The van der Waals surface area contributed by atoms with Crippen LogP contribution in [0.5, 0.6) is 0 Å². The lowest BCUT2D eigenvalue weighted by Gasteiger charge is -2.30. The van der Waals surface area contributed by atoms with Gasteiger partial charge in [-0.2, -0.15) is 5.26 Å². The second-order valence-electron chi connectivity index (χ2n) is 5.15. The van der Waals surface area contributed by atoms with Crippen LogP contribution in [-0.2, 0) is 9.84 Å². The SMILES string of the molecule is CCCNC(C)(C#N)CN1CCCS(=O)(=O)CC1. The lowest BCUT2D eigenvalue weighted by atomic mass is 10.0. The minimum absolute atomic E-state index is 0.211. The highest BCUT2D eigenvalue weighted by molar-refractivity contribution is 7.91. The van der Waals surface area contributed by atoms with E-state index in [9.17, 15) is 13.7 Å². The van der Waals surface area contributed by atoms with Gasteiger partial charge in [0.15, 0.2) is 9.84 Å². The van der Waals surface area contributed by atoms with Crippen LogP contribution in [0.15, 0.2) is 0 Å². The zero-order valence-electron chi connectivity index (χ0n) is 11.3. The van der Waals surface area contributed by atoms with E-state index in [0.29, 0.717) is 19.5 Å². The third kappa shape index (κ3) is 4.92. The summed E-state index contributed by atoms with van der Waals surface area (Å²) in [5, 5.41) is 12.5. The number of nitriles is 1. The van der Waals surface area contributed by atoms with Crippen LogP contribution in [0.1, 0.15) is 26.7 Å². The fraction of sp³-hybridized carbons (Fsp3) is 0.917. The molecular weight excluding hydrogens is 250 g/mol. The average molecular weight is 273 g/mol. The van der Waals surface area contributed by atoms with E-state index in [1.165, 1.54) is 0 Å². The number of sulfone groups is 1. The second-order valence-corrected chi connectivity index (χ2v) is 7.46. The number of rotatable bonds is 5. The molecule has 0 aliphatic carbocycles. The summed E-state index contributed by atoms with van der Waals surface area (Å²) >= 11 is 0. The summed E-state index contributed by atoms with van der Waals surface area (Å²) in [5.74, 6) is 0.484. The molecule has 0 amide bonds. The zero-order chi connectivity index (χ0) is 13.6. The van der Waals surface area contributed by atoms with Crippen molar-refractivity contribution in [3.8, 4) is 6.07 Å². The van der Waals surface area contributed by atoms with Gasteiger partial charge in [0.05, 0.1) is 17.6 Å². The molecule has 1 heterocycles. The van der Waals surface area contributed by atoms with E-state index in [2.05, 4.69) is 23.2 Å². The number of hydrogen-bond donors (Lipinski definition) is 1. The maximum atomic E-state index is 11.5. The highest BCUT2D eigenvalue weighted by Gasteiger charge is 2.28. The van der Waals surface area contributed by atoms with Gasteiger partial charge < -0.3 is 0 Å². The highest BCUT2D eigenvalue weighted by atomic mass is 32.2. The van der Waals surface area contributed by atoms with E-state index in [0.717, 1.165) is 19.5 Å². The van der Waals surface area contributed by atoms with E-state index in [1.807, 2.05) is 6.92 Å². The van der Waals surface area contributed by atoms with Crippen LogP contribution in [0.25, 0.3) is 0 Å². The van der Waals surface area contributed by atoms with Crippen LogP contribution in [0.4, 0.5) is 0 Å². The van der Waals surface area contributed by atoms with Crippen LogP contribution in [0, 0.1) is 11.3 Å². The quantitative estimate of drug-likeness (QED) is 0.784. The Labute approximate surface area is 110 Å². The summed E-state index contributed by atoms with van der Waals surface area (Å²) in [6.07, 6.45) is 1.64. The molecule has 0 aromatic carbocycles. The summed E-state index contributed by atoms with van der Waals surface area (Å²) in [6.45, 7) is 6.61. The molecule has 1 saturated heterocycles. The monoisotopic (exact) mass is 273 g/mol. The van der Waals surface area contributed by atoms with Crippen molar-refractivity contribution in [3.05, 3.63) is 0 Å². The molecule has 0 spiro atoms. The van der Waals surface area contributed by atoms with E-state index < -0.39 is 15.4 Å². The summed E-state index contributed by atoms with van der Waals surface area (Å²) in [5.41, 5.74) is -0.593. The minimum Gasteiger partial charge on any atom is -0.299 e. The lowest BCUT2D eigenvalue weighted by molar-refractivity contribution is 0.234. The first kappa shape index (κ1) is 15.4. The molecule has 1 atom stereocenters. The van der Waals surface area contributed by atoms with E-state index in [-0.39, 0.29) is 11.5 Å². The van der Waals surface area contributed by atoms with Crippen LogP contribution >= 0.6 is 0 Å². The predicted octanol–water partition coefficient (Wildman–Crippen LogP) is 0.389. The third-order valence-corrected chi connectivity index (χ3v) is 4.92. The summed E-state index contributed by atoms with van der Waals surface area (Å²) in [6, 6.07) is 2.30. The van der Waals surface area contributed by atoms with Gasteiger partial charge in [-0.1, -0.05) is 6.92 Å². The standard InChI is InChI=1S/C12H23N3O2S/c1-3-5-14-12(2,10-13)11-15-6-4-8-18(16,17)9-7-15/h14H,3-9,11H2,1-2H3. The Hall–Kier alpha value is -0.640. The maximum absolute atomic E-state index is 11.5. The van der Waals surface area contributed by atoms with Crippen LogP contribution in [0.2, 0.25) is 0 Å². The Balaban J connectivity index is 2.57. The molecule has 1 fully saturated rings. The lowest BCUT2D eigenvalue weighted by Crippen LogP contribution is -2.51. The fourth-order valence-corrected chi connectivity index (χ4v) is 3.44. The predicted molar refractivity (Wildman–Crippen MR) is 72.0 cm³/mol. The molecule has 0 aromatic rings. The van der Waals surface area contributed by atoms with Crippen LogP contribution in [0.3, 0.4) is 0 Å². The Morgan fingerprint density at radius 1 is 1.39 bits per heavy atom. The van der Waals surface area contributed by atoms with Crippen molar-refractivity contribution in [2.24, 2.45) is 0 Å². The minimum atomic E-state index is -2.88. The van der Waals surface area contributed by atoms with Gasteiger partial charge in [-0.05, 0) is 32.9 Å². The Kier molecular flexibility index (Phi) is 5.57. The molecule has 1 aliphatic rings. The molecule has 0 aromatic heterocycles. The van der Waals surface area contributed by atoms with Gasteiger partial charge in [0.2, 0.25) is 0 Å². The molecule has 6 heteroatoms. The Morgan fingerprint density at radius 3 is 2.72 bits per heavy atom. The molecule has 1 aliphatic heterocycles. The smallest absolute Gasteiger partial charge is 0.151 e. The first-order chi connectivity index (χ1) is 8.41. The summed E-state index contributed by atoms with van der Waals surface area (Å²) < 4.78 is 23.0. The summed E-state index contributed by atoms with van der Waals surface area (Å²) in [7, 11) is -2.88. The molecule has 18 heavy (non-hydrogen) atoms. The zero-order valence-corrected chi connectivity index (χ0v) is 12.1. The molecule has 0 saturated carbocycles. The molecular formula is C12H23N3O2S. The number of hydrogen-bond acceptors (Lipinski definition) is 5. The van der Waals surface area contributed by atoms with Gasteiger partial charge in [0.1, 0.15) is 5.54 Å². The van der Waals surface area contributed by atoms with E-state index >= 15 is 0 Å². The average Bonchev–Trinajstić information content (AvgIpc) is 2.48. The largest absolute Gasteiger partial charge is 0.299 e. The van der Waals surface area contributed by atoms with Gasteiger partial charge in [-0.25, -0.2) is 8.42 Å². The molecule has 104 valence electrons. The fourth-order valence-electron chi connectivity index (χ4n) is 2.13. The number of nitrogens with zero attached hydrogens (tertiary/aromatic N) is 2. The molecule has 1 unspecified atom stereocenters. The van der Waals surface area contributed by atoms with Gasteiger partial charge >= 0.3 is 0 Å². The van der Waals surface area contributed by atoms with Crippen molar-refractivity contribution >= 4 is 9.84 Å². The van der Waals surface area contributed by atoms with Gasteiger partial charge in [0.25, 0.3) is 0 Å². The maximum Gasteiger partial charge on any atom is 0.151 e. The Morgan fingerprint density at radius 2 is 2.11 bits per heavy atom. The summed E-state index contributed by atoms with van der Waals surface area (Å²) in [4.78, 5) is 2.08. The first-order valence-electron chi connectivity index (χ1n) is 6.50. The molecule has 0 radical (unpaired) electrons. The molecule has 5 nitrogen and oxygen atoms in total. The topological polar surface area (TPSA) is 73.2 Å². The molecule has 0 bridgehead atoms. The molecule has 1 rings (SSSR count). The van der Waals surface area contributed by atoms with Crippen molar-refractivity contribution in [1.82, 2.24) is 10.2 Å².